The third kappa shape index (κ3) is 2.41. The summed E-state index contributed by atoms with van der Waals surface area (Å²) in [7, 11) is 0. The van der Waals surface area contributed by atoms with Gasteiger partial charge in [0.05, 0.1) is 0 Å². The summed E-state index contributed by atoms with van der Waals surface area (Å²) in [4.78, 5) is 21.1. The minimum Gasteiger partial charge on any atom is -0.479 e. The average molecular weight is 289 g/mol. The van der Waals surface area contributed by atoms with Crippen molar-refractivity contribution >= 4 is 17.1 Å². The van der Waals surface area contributed by atoms with Crippen LogP contribution in [0.15, 0.2) is 12.3 Å². The first-order valence-corrected chi connectivity index (χ1v) is 7.58. The summed E-state index contributed by atoms with van der Waals surface area (Å²) in [5.74, 6) is 0.00299. The predicted octanol–water partition coefficient (Wildman–Crippen LogP) is 3.29. The van der Waals surface area contributed by atoms with Crippen molar-refractivity contribution in [3.05, 3.63) is 23.7 Å². The highest BCUT2D eigenvalue weighted by Crippen LogP contribution is 2.32. The molecule has 0 amide bonds. The lowest BCUT2D eigenvalue weighted by atomic mass is 9.92. The van der Waals surface area contributed by atoms with Crippen LogP contribution in [-0.4, -0.2) is 25.6 Å². The molecule has 0 aliphatic rings. The van der Waals surface area contributed by atoms with Crippen LogP contribution in [0, 0.1) is 6.92 Å². The Bertz CT molecular complexity index is 657. The summed E-state index contributed by atoms with van der Waals surface area (Å²) >= 11 is 0. The number of aryl methyl sites for hydroxylation is 2. The quantitative estimate of drug-likeness (QED) is 0.886. The van der Waals surface area contributed by atoms with Gasteiger partial charge >= 0.3 is 5.97 Å². The van der Waals surface area contributed by atoms with Crippen LogP contribution in [0.5, 0.6) is 0 Å². The predicted molar refractivity (Wildman–Crippen MR) is 82.5 cm³/mol. The fraction of sp³-hybridized carbons (Fsp3) is 0.562. The van der Waals surface area contributed by atoms with Crippen molar-refractivity contribution in [2.45, 2.75) is 58.9 Å². The molecule has 2 aromatic heterocycles. The van der Waals surface area contributed by atoms with E-state index >= 15 is 0 Å². The van der Waals surface area contributed by atoms with Crippen molar-refractivity contribution < 1.29 is 9.90 Å². The maximum absolute atomic E-state index is 12.0. The number of pyridine rings is 1. The van der Waals surface area contributed by atoms with Gasteiger partial charge in [0.1, 0.15) is 16.9 Å². The lowest BCUT2D eigenvalue weighted by Crippen LogP contribution is -2.42. The zero-order valence-corrected chi connectivity index (χ0v) is 13.2. The van der Waals surface area contributed by atoms with Crippen molar-refractivity contribution in [2.24, 2.45) is 0 Å². The van der Waals surface area contributed by atoms with E-state index in [2.05, 4.69) is 16.9 Å². The van der Waals surface area contributed by atoms with Crippen LogP contribution in [-0.2, 0) is 16.8 Å². The van der Waals surface area contributed by atoms with Crippen molar-refractivity contribution in [3.63, 3.8) is 0 Å². The fourth-order valence-corrected chi connectivity index (χ4v) is 2.92. The first-order chi connectivity index (χ1) is 10.00. The second-order valence-electron chi connectivity index (χ2n) is 5.51. The van der Waals surface area contributed by atoms with Crippen LogP contribution in [0.1, 0.15) is 51.4 Å². The number of hydrogen-bond acceptors (Lipinski definition) is 3. The van der Waals surface area contributed by atoms with Crippen molar-refractivity contribution in [2.75, 3.05) is 0 Å². The summed E-state index contributed by atoms with van der Waals surface area (Å²) in [5.41, 5.74) is 1.52. The molecule has 21 heavy (non-hydrogen) atoms. The standard InChI is InChI=1S/C16H23N3O2/c1-5-8-13-18-12-9-11(4)10-17-14(12)19(13)16(6-2,7-3)15(20)21/h9-10H,5-8H2,1-4H3,(H,20,21). The van der Waals surface area contributed by atoms with Gasteiger partial charge in [-0.1, -0.05) is 20.8 Å². The lowest BCUT2D eigenvalue weighted by Gasteiger charge is -2.30. The largest absolute Gasteiger partial charge is 0.479 e. The van der Waals surface area contributed by atoms with E-state index < -0.39 is 11.5 Å². The molecule has 0 aliphatic heterocycles. The van der Waals surface area contributed by atoms with E-state index in [-0.39, 0.29) is 0 Å². The Morgan fingerprint density at radius 1 is 1.33 bits per heavy atom. The van der Waals surface area contributed by atoms with E-state index in [1.807, 2.05) is 31.4 Å². The molecule has 0 saturated carbocycles. The summed E-state index contributed by atoms with van der Waals surface area (Å²) in [6.45, 7) is 7.86. The smallest absolute Gasteiger partial charge is 0.329 e. The first-order valence-electron chi connectivity index (χ1n) is 7.58. The van der Waals surface area contributed by atoms with E-state index in [0.717, 1.165) is 29.7 Å². The van der Waals surface area contributed by atoms with Crippen LogP contribution in [0.2, 0.25) is 0 Å². The van der Waals surface area contributed by atoms with Gasteiger partial charge in [-0.25, -0.2) is 14.8 Å². The summed E-state index contributed by atoms with van der Waals surface area (Å²) in [6.07, 6.45) is 4.47. The molecule has 0 saturated heterocycles. The van der Waals surface area contributed by atoms with Crippen LogP contribution < -0.4 is 0 Å². The highest BCUT2D eigenvalue weighted by molar-refractivity contribution is 5.81. The van der Waals surface area contributed by atoms with Gasteiger partial charge in [-0.05, 0) is 37.8 Å². The Labute approximate surface area is 125 Å². The number of carboxylic acid groups (broad SMARTS) is 1. The molecule has 114 valence electrons. The van der Waals surface area contributed by atoms with E-state index in [0.29, 0.717) is 18.5 Å². The summed E-state index contributed by atoms with van der Waals surface area (Å²) in [5, 5.41) is 9.83. The van der Waals surface area contributed by atoms with Crippen LogP contribution in [0.25, 0.3) is 11.2 Å². The Morgan fingerprint density at radius 2 is 2.00 bits per heavy atom. The molecule has 5 nitrogen and oxygen atoms in total. The highest BCUT2D eigenvalue weighted by atomic mass is 16.4. The van der Waals surface area contributed by atoms with E-state index in [1.165, 1.54) is 0 Å². The lowest BCUT2D eigenvalue weighted by molar-refractivity contribution is -0.148. The Hall–Kier alpha value is -1.91. The molecule has 0 radical (unpaired) electrons. The van der Waals surface area contributed by atoms with Crippen molar-refractivity contribution in [3.8, 4) is 0 Å². The molecule has 0 bridgehead atoms. The van der Waals surface area contributed by atoms with E-state index in [1.54, 1.807) is 6.20 Å². The molecule has 0 spiro atoms. The van der Waals surface area contributed by atoms with Gasteiger partial charge in [0.25, 0.3) is 0 Å². The number of aromatic nitrogens is 3. The second kappa shape index (κ2) is 5.84. The number of carboxylic acids is 1. The molecular weight excluding hydrogens is 266 g/mol. The zero-order valence-electron chi connectivity index (χ0n) is 13.2. The topological polar surface area (TPSA) is 68.0 Å². The van der Waals surface area contributed by atoms with Gasteiger partial charge in [-0.2, -0.15) is 0 Å². The molecule has 0 aliphatic carbocycles. The second-order valence-corrected chi connectivity index (χ2v) is 5.51. The van der Waals surface area contributed by atoms with Crippen molar-refractivity contribution in [1.82, 2.24) is 14.5 Å². The maximum Gasteiger partial charge on any atom is 0.329 e. The highest BCUT2D eigenvalue weighted by Gasteiger charge is 2.40. The molecule has 0 fully saturated rings. The number of imidazole rings is 1. The maximum atomic E-state index is 12.0. The zero-order chi connectivity index (χ0) is 15.6. The van der Waals surface area contributed by atoms with Gasteiger partial charge in [0, 0.05) is 12.6 Å². The molecular formula is C16H23N3O2. The molecule has 2 aromatic rings. The normalized spacial score (nSPS) is 12.0. The Balaban J connectivity index is 2.80. The van der Waals surface area contributed by atoms with Gasteiger partial charge in [0.15, 0.2) is 5.65 Å². The SMILES string of the molecule is CCCc1nc2cc(C)cnc2n1C(CC)(CC)C(=O)O. The average Bonchev–Trinajstić information content (AvgIpc) is 2.79. The number of fused-ring (bicyclic) bond motifs is 1. The summed E-state index contributed by atoms with van der Waals surface area (Å²) < 4.78 is 1.85. The molecule has 2 rings (SSSR count). The van der Waals surface area contributed by atoms with E-state index in [4.69, 9.17) is 0 Å². The molecule has 2 heterocycles. The van der Waals surface area contributed by atoms with Crippen molar-refractivity contribution in [1.29, 1.82) is 0 Å². The van der Waals surface area contributed by atoms with Crippen LogP contribution in [0.3, 0.4) is 0 Å². The number of nitrogens with zero attached hydrogens (tertiary/aromatic N) is 3. The van der Waals surface area contributed by atoms with Crippen LogP contribution >= 0.6 is 0 Å². The fourth-order valence-electron chi connectivity index (χ4n) is 2.92. The number of aliphatic carboxylic acids is 1. The monoisotopic (exact) mass is 289 g/mol. The molecule has 0 aromatic carbocycles. The number of rotatable bonds is 6. The van der Waals surface area contributed by atoms with Crippen LogP contribution in [0.4, 0.5) is 0 Å². The van der Waals surface area contributed by atoms with E-state index in [9.17, 15) is 9.90 Å². The third-order valence-corrected chi connectivity index (χ3v) is 4.17. The molecule has 5 heteroatoms. The number of carbonyl (C=O) groups is 1. The number of hydrogen-bond donors (Lipinski definition) is 1. The molecule has 1 N–H and O–H groups in total. The molecule has 0 unspecified atom stereocenters. The van der Waals surface area contributed by atoms with Gasteiger partial charge in [0.2, 0.25) is 0 Å². The Kier molecular flexibility index (Phi) is 4.30. The van der Waals surface area contributed by atoms with Gasteiger partial charge in [-0.15, -0.1) is 0 Å². The van der Waals surface area contributed by atoms with Gasteiger partial charge < -0.3 is 5.11 Å². The van der Waals surface area contributed by atoms with Gasteiger partial charge in [-0.3, -0.25) is 4.57 Å². The Morgan fingerprint density at radius 3 is 2.52 bits per heavy atom. The third-order valence-electron chi connectivity index (χ3n) is 4.17. The molecule has 0 atom stereocenters. The first kappa shape index (κ1) is 15.5. The summed E-state index contributed by atoms with van der Waals surface area (Å²) in [6, 6.07) is 1.97. The minimum atomic E-state index is -0.971. The minimum absolute atomic E-state index is 0.510.